The van der Waals surface area contributed by atoms with Crippen LogP contribution in [0, 0.1) is 4.91 Å². The van der Waals surface area contributed by atoms with Gasteiger partial charge in [0.25, 0.3) is 0 Å². The molecule has 0 unspecified atom stereocenters. The first-order valence-electron chi connectivity index (χ1n) is 0.383. The summed E-state index contributed by atoms with van der Waals surface area (Å²) in [4.78, 5) is 8.11. The van der Waals surface area contributed by atoms with Gasteiger partial charge in [-0.3, -0.25) is 0 Å². The number of hydrogen-bond acceptors (Lipinski definition) is 2. The van der Waals surface area contributed by atoms with Gasteiger partial charge in [0, 0.05) is 26.2 Å². The maximum atomic E-state index is 8.11. The molecular weight excluding hydrogens is 271 g/mol. The van der Waals surface area contributed by atoms with E-state index in [4.69, 9.17) is 10.1 Å². The summed E-state index contributed by atoms with van der Waals surface area (Å²) in [5.41, 5.74) is 0. The molecule has 0 heterocycles. The van der Waals surface area contributed by atoms with E-state index in [-0.39, 0.29) is 31.7 Å². The monoisotopic (exact) mass is 274 g/mol. The second-order valence-electron chi connectivity index (χ2n) is 0.0816. The van der Waals surface area contributed by atoms with Crippen LogP contribution in [0.4, 0.5) is 0 Å². The smallest absolute Gasteiger partial charge is 0.152 e. The molecule has 5 heavy (non-hydrogen) atoms. The molecule has 0 rings (SSSR count). The molecule has 0 aliphatic heterocycles. The Balaban J connectivity index is -0.0000000200. The molecule has 31 valence electrons. The molecule has 0 atom stereocenters. The van der Waals surface area contributed by atoms with Gasteiger partial charge in [0.15, 0.2) is 5.34 Å². The van der Waals surface area contributed by atoms with Crippen LogP contribution in [0.5, 0.6) is 0 Å². The van der Waals surface area contributed by atoms with Crippen LogP contribution in [0.25, 0.3) is 0 Å². The van der Waals surface area contributed by atoms with Crippen LogP contribution in [-0.2, 0) is 0 Å². The zero-order valence-electron chi connectivity index (χ0n) is 2.25. The van der Waals surface area contributed by atoms with E-state index in [9.17, 15) is 0 Å². The predicted molar refractivity (Wildman–Crippen MR) is 16.9 cm³/mol. The maximum absolute atomic E-state index is 8.11. The first-order valence-corrected chi connectivity index (χ1v) is 0.383. The Morgan fingerprint density at radius 3 is 1.60 bits per heavy atom. The van der Waals surface area contributed by atoms with Gasteiger partial charge in [-0.05, 0) is 0 Å². The third-order valence-corrected chi connectivity index (χ3v) is 0. The van der Waals surface area contributed by atoms with Gasteiger partial charge in [-0.25, -0.2) is 0 Å². The van der Waals surface area contributed by atoms with E-state index in [1.807, 2.05) is 0 Å². The van der Waals surface area contributed by atoms with Crippen LogP contribution in [0.1, 0.15) is 0 Å². The summed E-state index contributed by atoms with van der Waals surface area (Å²) in [7, 11) is 0. The second kappa shape index (κ2) is 28.9. The Hall–Kier alpha value is 0.243. The molecule has 0 spiro atoms. The first-order chi connectivity index (χ1) is 1.41. The summed E-state index contributed by atoms with van der Waals surface area (Å²) >= 11 is 0. The van der Waals surface area contributed by atoms with Gasteiger partial charge in [0.05, 0.1) is 0 Å². The third-order valence-electron chi connectivity index (χ3n) is 0. The quantitative estimate of drug-likeness (QED) is 0.347. The van der Waals surface area contributed by atoms with E-state index >= 15 is 0 Å². The fourth-order valence-corrected chi connectivity index (χ4v) is 0. The van der Waals surface area contributed by atoms with E-state index in [0.29, 0.717) is 0 Å². The molecule has 0 aliphatic carbocycles. The minimum absolute atomic E-state index is 0. The van der Waals surface area contributed by atoms with Crippen molar-refractivity contribution in [2.24, 2.45) is 5.34 Å². The number of nitrogens with zero attached hydrogens (tertiary/aromatic N) is 1. The van der Waals surface area contributed by atoms with Crippen molar-refractivity contribution in [1.82, 2.24) is 0 Å². The number of rotatable bonds is 0. The topological polar surface area (TPSA) is 81.2 Å². The van der Waals surface area contributed by atoms with E-state index in [1.165, 1.54) is 5.34 Å². The van der Waals surface area contributed by atoms with E-state index in [2.05, 4.69) is 0 Å². The fraction of sp³-hybridized carbons (Fsp3) is 0. The maximum Gasteiger partial charge on any atom is 0.152 e. The summed E-state index contributed by atoms with van der Waals surface area (Å²) in [5.74, 6) is 0. The van der Waals surface area contributed by atoms with Gasteiger partial charge in [-0.1, -0.05) is 0 Å². The molecule has 0 bridgehead atoms. The minimum atomic E-state index is 0. The van der Waals surface area contributed by atoms with Gasteiger partial charge in [-0.2, -0.15) is 0 Å². The van der Waals surface area contributed by atoms with E-state index in [0.717, 1.165) is 0 Å². The minimum Gasteiger partial charge on any atom is -0.412 e. The Morgan fingerprint density at radius 1 is 1.60 bits per heavy atom. The summed E-state index contributed by atoms with van der Waals surface area (Å²) in [6.07, 6.45) is 0. The standard InChI is InChI=1S/Bi.HNO2.H2O/c;2-1-3;/h;(H,2,3);1H2. The Kier molecular flexibility index (Phi) is 108. The van der Waals surface area contributed by atoms with Crippen molar-refractivity contribution >= 4 is 26.2 Å². The fourth-order valence-electron chi connectivity index (χ4n) is 0. The molecule has 0 saturated heterocycles. The van der Waals surface area contributed by atoms with Gasteiger partial charge < -0.3 is 10.7 Å². The van der Waals surface area contributed by atoms with Crippen molar-refractivity contribution in [1.29, 1.82) is 0 Å². The normalized spacial score (nSPS) is 2.40. The molecule has 4 nitrogen and oxygen atoms in total. The van der Waals surface area contributed by atoms with E-state index in [1.54, 1.807) is 0 Å². The Morgan fingerprint density at radius 2 is 1.60 bits per heavy atom. The summed E-state index contributed by atoms with van der Waals surface area (Å²) in [6, 6.07) is 0. The zero-order valence-corrected chi connectivity index (χ0v) is 5.73. The summed E-state index contributed by atoms with van der Waals surface area (Å²) in [6.45, 7) is 0. The number of hydrogen-bond donors (Lipinski definition) is 1. The SMILES string of the molecule is O.O=NO.[Bi]. The molecule has 3 N–H and O–H groups in total. The molecule has 0 aromatic carbocycles. The summed E-state index contributed by atoms with van der Waals surface area (Å²) in [5, 5.41) is 7.89. The van der Waals surface area contributed by atoms with Crippen molar-refractivity contribution < 1.29 is 10.7 Å². The van der Waals surface area contributed by atoms with Crippen molar-refractivity contribution in [3.8, 4) is 0 Å². The second-order valence-corrected chi connectivity index (χ2v) is 0.0816. The molecule has 5 heteroatoms. The molecular formula is H3BiNO3. The predicted octanol–water partition coefficient (Wildman–Crippen LogP) is -1.06. The van der Waals surface area contributed by atoms with Crippen molar-refractivity contribution in [3.63, 3.8) is 0 Å². The average molecular weight is 274 g/mol. The van der Waals surface area contributed by atoms with Gasteiger partial charge in [0.1, 0.15) is 0 Å². The largest absolute Gasteiger partial charge is 0.412 e. The van der Waals surface area contributed by atoms with Gasteiger partial charge in [0.2, 0.25) is 0 Å². The van der Waals surface area contributed by atoms with Crippen LogP contribution < -0.4 is 0 Å². The third kappa shape index (κ3) is 361. The van der Waals surface area contributed by atoms with Crippen molar-refractivity contribution in [2.75, 3.05) is 0 Å². The van der Waals surface area contributed by atoms with Crippen LogP contribution >= 0.6 is 0 Å². The van der Waals surface area contributed by atoms with Crippen LogP contribution in [0.3, 0.4) is 0 Å². The van der Waals surface area contributed by atoms with Crippen LogP contribution in [0.2, 0.25) is 0 Å². The molecule has 0 saturated carbocycles. The van der Waals surface area contributed by atoms with Gasteiger partial charge >= 0.3 is 0 Å². The molecule has 0 aliphatic rings. The van der Waals surface area contributed by atoms with E-state index < -0.39 is 0 Å². The zero-order chi connectivity index (χ0) is 2.71. The molecule has 0 amide bonds. The summed E-state index contributed by atoms with van der Waals surface area (Å²) < 4.78 is 0. The molecule has 0 aromatic heterocycles. The van der Waals surface area contributed by atoms with Crippen molar-refractivity contribution in [2.45, 2.75) is 0 Å². The Bertz CT molecular complexity index is 14.4. The molecule has 3 radical (unpaired) electrons. The van der Waals surface area contributed by atoms with Crippen molar-refractivity contribution in [3.05, 3.63) is 4.91 Å². The first kappa shape index (κ1) is 18.8. The van der Waals surface area contributed by atoms with Crippen LogP contribution in [0.15, 0.2) is 5.34 Å². The van der Waals surface area contributed by atoms with Crippen LogP contribution in [-0.4, -0.2) is 36.9 Å². The molecule has 0 fully saturated rings. The Labute approximate surface area is 47.5 Å². The average Bonchev–Trinajstić information content (AvgIpc) is 0.918. The molecule has 0 aromatic rings. The van der Waals surface area contributed by atoms with Gasteiger partial charge in [-0.15, -0.1) is 4.91 Å².